The van der Waals surface area contributed by atoms with Gasteiger partial charge in [-0.1, -0.05) is 11.6 Å². The molecule has 3 rings (SSSR count). The predicted octanol–water partition coefficient (Wildman–Crippen LogP) is 2.82. The smallest absolute Gasteiger partial charge is 0.162 e. The molecule has 16 heavy (non-hydrogen) atoms. The Morgan fingerprint density at radius 3 is 3.25 bits per heavy atom. The third-order valence-electron chi connectivity index (χ3n) is 2.88. The van der Waals surface area contributed by atoms with Crippen LogP contribution in [0.5, 0.6) is 0 Å². The molecule has 1 saturated heterocycles. The van der Waals surface area contributed by atoms with Crippen LogP contribution in [0.15, 0.2) is 18.3 Å². The van der Waals surface area contributed by atoms with Crippen LogP contribution in [0.2, 0.25) is 5.02 Å². The summed E-state index contributed by atoms with van der Waals surface area (Å²) in [5, 5.41) is 9.80. The summed E-state index contributed by atoms with van der Waals surface area (Å²) in [7, 11) is 0. The molecule has 1 fully saturated rings. The second kappa shape index (κ2) is 4.26. The summed E-state index contributed by atoms with van der Waals surface area (Å²) < 4.78 is 2.03. The molecule has 1 unspecified atom stereocenters. The van der Waals surface area contributed by atoms with Crippen molar-refractivity contribution in [2.75, 3.05) is 5.75 Å². The van der Waals surface area contributed by atoms with E-state index in [0.29, 0.717) is 10.3 Å². The van der Waals surface area contributed by atoms with Crippen LogP contribution in [0.25, 0.3) is 5.65 Å². The highest BCUT2D eigenvalue weighted by molar-refractivity contribution is 8.00. The molecular formula is C11H12ClN3S. The third-order valence-corrected chi connectivity index (χ3v) is 4.51. The average Bonchev–Trinajstić information content (AvgIpc) is 2.89. The van der Waals surface area contributed by atoms with E-state index in [1.807, 2.05) is 34.5 Å². The Morgan fingerprint density at radius 1 is 1.50 bits per heavy atom. The predicted molar refractivity (Wildman–Crippen MR) is 67.2 cm³/mol. The number of fused-ring (bicyclic) bond motifs is 1. The number of pyridine rings is 1. The molecule has 0 saturated carbocycles. The van der Waals surface area contributed by atoms with E-state index in [0.717, 1.165) is 17.9 Å². The van der Waals surface area contributed by atoms with E-state index in [2.05, 4.69) is 10.2 Å². The molecule has 0 amide bonds. The maximum atomic E-state index is 5.91. The van der Waals surface area contributed by atoms with Crippen LogP contribution in [-0.4, -0.2) is 25.6 Å². The van der Waals surface area contributed by atoms with Crippen molar-refractivity contribution in [1.82, 2.24) is 14.6 Å². The Balaban J connectivity index is 1.91. The number of halogens is 1. The van der Waals surface area contributed by atoms with Crippen LogP contribution in [0, 0.1) is 0 Å². The van der Waals surface area contributed by atoms with Crippen molar-refractivity contribution >= 4 is 29.0 Å². The molecule has 0 radical (unpaired) electrons. The second-order valence-corrected chi connectivity index (χ2v) is 5.87. The lowest BCUT2D eigenvalue weighted by Gasteiger charge is -2.06. The van der Waals surface area contributed by atoms with E-state index in [1.165, 1.54) is 18.6 Å². The Morgan fingerprint density at radius 2 is 2.44 bits per heavy atom. The Labute approximate surface area is 103 Å². The maximum Gasteiger partial charge on any atom is 0.162 e. The highest BCUT2D eigenvalue weighted by Crippen LogP contribution is 2.28. The van der Waals surface area contributed by atoms with E-state index in [4.69, 9.17) is 11.6 Å². The highest BCUT2D eigenvalue weighted by atomic mass is 35.5. The molecule has 0 aromatic carbocycles. The third kappa shape index (κ3) is 1.92. The van der Waals surface area contributed by atoms with Crippen LogP contribution in [0.4, 0.5) is 0 Å². The molecule has 3 heterocycles. The first-order chi connectivity index (χ1) is 7.83. The number of rotatable bonds is 2. The first-order valence-corrected chi connectivity index (χ1v) is 6.86. The van der Waals surface area contributed by atoms with E-state index in [1.54, 1.807) is 0 Å². The summed E-state index contributed by atoms with van der Waals surface area (Å²) in [6, 6.07) is 3.73. The van der Waals surface area contributed by atoms with Crippen LogP contribution in [0.3, 0.4) is 0 Å². The summed E-state index contributed by atoms with van der Waals surface area (Å²) in [4.78, 5) is 0. The number of hydrogen-bond donors (Lipinski definition) is 0. The molecule has 0 spiro atoms. The van der Waals surface area contributed by atoms with Crippen LogP contribution in [0.1, 0.15) is 18.7 Å². The quantitative estimate of drug-likeness (QED) is 0.825. The molecule has 0 bridgehead atoms. The SMILES string of the molecule is Clc1ccn2c(CC3CCCS3)nnc2c1. The van der Waals surface area contributed by atoms with Crippen molar-refractivity contribution in [3.05, 3.63) is 29.2 Å². The normalized spacial score (nSPS) is 20.7. The summed E-state index contributed by atoms with van der Waals surface area (Å²) in [5.74, 6) is 2.33. The van der Waals surface area contributed by atoms with Crippen molar-refractivity contribution in [2.45, 2.75) is 24.5 Å². The fourth-order valence-corrected chi connectivity index (χ4v) is 3.48. The monoisotopic (exact) mass is 253 g/mol. The zero-order valence-corrected chi connectivity index (χ0v) is 10.3. The Kier molecular flexibility index (Phi) is 2.77. The van der Waals surface area contributed by atoms with Gasteiger partial charge in [-0.3, -0.25) is 4.40 Å². The van der Waals surface area contributed by atoms with Gasteiger partial charge < -0.3 is 0 Å². The van der Waals surface area contributed by atoms with Crippen molar-refractivity contribution < 1.29 is 0 Å². The van der Waals surface area contributed by atoms with Crippen LogP contribution >= 0.6 is 23.4 Å². The van der Waals surface area contributed by atoms with Gasteiger partial charge in [-0.25, -0.2) is 0 Å². The summed E-state index contributed by atoms with van der Waals surface area (Å²) in [6.07, 6.45) is 5.59. The van der Waals surface area contributed by atoms with Gasteiger partial charge in [0.05, 0.1) is 0 Å². The van der Waals surface area contributed by atoms with Crippen molar-refractivity contribution in [2.24, 2.45) is 0 Å². The van der Waals surface area contributed by atoms with Gasteiger partial charge in [0.25, 0.3) is 0 Å². The standard InChI is InChI=1S/C11H12ClN3S/c12-8-3-4-15-10(6-8)13-14-11(15)7-9-2-1-5-16-9/h3-4,6,9H,1-2,5,7H2. The van der Waals surface area contributed by atoms with Crippen LogP contribution in [-0.2, 0) is 6.42 Å². The number of nitrogens with zero attached hydrogens (tertiary/aromatic N) is 3. The molecule has 0 aliphatic carbocycles. The van der Waals surface area contributed by atoms with E-state index < -0.39 is 0 Å². The summed E-state index contributed by atoms with van der Waals surface area (Å²) in [6.45, 7) is 0. The first-order valence-electron chi connectivity index (χ1n) is 5.44. The van der Waals surface area contributed by atoms with E-state index in [9.17, 15) is 0 Å². The minimum atomic E-state index is 0.710. The lowest BCUT2D eigenvalue weighted by molar-refractivity contribution is 0.738. The number of aromatic nitrogens is 3. The molecule has 1 atom stereocenters. The zero-order valence-electron chi connectivity index (χ0n) is 8.77. The zero-order chi connectivity index (χ0) is 11.0. The first kappa shape index (κ1) is 10.4. The van der Waals surface area contributed by atoms with Crippen molar-refractivity contribution in [3.8, 4) is 0 Å². The van der Waals surface area contributed by atoms with Gasteiger partial charge in [-0.15, -0.1) is 10.2 Å². The Bertz CT molecular complexity index is 505. The van der Waals surface area contributed by atoms with Gasteiger partial charge in [0.15, 0.2) is 5.65 Å². The lowest BCUT2D eigenvalue weighted by atomic mass is 10.2. The maximum absolute atomic E-state index is 5.91. The molecule has 2 aromatic heterocycles. The summed E-state index contributed by atoms with van der Waals surface area (Å²) in [5.41, 5.74) is 0.838. The fraction of sp³-hybridized carbons (Fsp3) is 0.455. The fourth-order valence-electron chi connectivity index (χ4n) is 2.06. The van der Waals surface area contributed by atoms with Gasteiger partial charge in [-0.05, 0) is 24.7 Å². The van der Waals surface area contributed by atoms with Gasteiger partial charge in [0, 0.05) is 29.0 Å². The van der Waals surface area contributed by atoms with Crippen molar-refractivity contribution in [3.63, 3.8) is 0 Å². The van der Waals surface area contributed by atoms with Gasteiger partial charge in [0.2, 0.25) is 0 Å². The summed E-state index contributed by atoms with van der Waals surface area (Å²) >= 11 is 7.96. The van der Waals surface area contributed by atoms with Crippen LogP contribution < -0.4 is 0 Å². The molecule has 0 N–H and O–H groups in total. The molecular weight excluding hydrogens is 242 g/mol. The minimum Gasteiger partial charge on any atom is -0.286 e. The average molecular weight is 254 g/mol. The van der Waals surface area contributed by atoms with E-state index in [-0.39, 0.29) is 0 Å². The molecule has 5 heteroatoms. The highest BCUT2D eigenvalue weighted by Gasteiger charge is 2.18. The van der Waals surface area contributed by atoms with E-state index >= 15 is 0 Å². The van der Waals surface area contributed by atoms with Crippen molar-refractivity contribution in [1.29, 1.82) is 0 Å². The molecule has 84 valence electrons. The second-order valence-electron chi connectivity index (χ2n) is 4.03. The lowest BCUT2D eigenvalue weighted by Crippen LogP contribution is -2.05. The largest absolute Gasteiger partial charge is 0.286 e. The molecule has 1 aliphatic heterocycles. The number of thioether (sulfide) groups is 1. The topological polar surface area (TPSA) is 30.2 Å². The van der Waals surface area contributed by atoms with Gasteiger partial charge in [0.1, 0.15) is 5.82 Å². The molecule has 2 aromatic rings. The Hall–Kier alpha value is -0.740. The number of hydrogen-bond acceptors (Lipinski definition) is 3. The van der Waals surface area contributed by atoms with Gasteiger partial charge in [-0.2, -0.15) is 11.8 Å². The minimum absolute atomic E-state index is 0.710. The molecule has 1 aliphatic rings. The molecule has 3 nitrogen and oxygen atoms in total. The van der Waals surface area contributed by atoms with Gasteiger partial charge >= 0.3 is 0 Å².